The number of benzene rings is 2. The molecule has 0 aliphatic heterocycles. The Morgan fingerprint density at radius 3 is 2.50 bits per heavy atom. The maximum Gasteiger partial charge on any atom is 0.349 e. The number of carbonyl (C=O) groups is 1. The summed E-state index contributed by atoms with van der Waals surface area (Å²) in [5, 5.41) is 10.0. The summed E-state index contributed by atoms with van der Waals surface area (Å²) in [6.07, 6.45) is 1.44. The van der Waals surface area contributed by atoms with Crippen LogP contribution in [0.3, 0.4) is 0 Å². The highest BCUT2D eigenvalue weighted by molar-refractivity contribution is 6.35. The van der Waals surface area contributed by atoms with Crippen molar-refractivity contribution in [2.75, 3.05) is 20.3 Å². The fourth-order valence-corrected chi connectivity index (χ4v) is 2.42. The van der Waals surface area contributed by atoms with E-state index in [1.807, 2.05) is 6.07 Å². The summed E-state index contributed by atoms with van der Waals surface area (Å²) >= 11 is 11.8. The van der Waals surface area contributed by atoms with Crippen molar-refractivity contribution in [2.24, 2.45) is 0 Å². The monoisotopic (exact) mass is 391 g/mol. The smallest absolute Gasteiger partial charge is 0.349 e. The van der Waals surface area contributed by atoms with Crippen LogP contribution in [0.25, 0.3) is 6.08 Å². The van der Waals surface area contributed by atoms with Gasteiger partial charge in [0.2, 0.25) is 0 Å². The third-order valence-corrected chi connectivity index (χ3v) is 3.77. The number of hydrogen-bond donors (Lipinski definition) is 0. The molecule has 134 valence electrons. The lowest BCUT2D eigenvalue weighted by molar-refractivity contribution is -0.139. The summed E-state index contributed by atoms with van der Waals surface area (Å²) in [5.74, 6) is 0.386. The first-order valence-corrected chi connectivity index (χ1v) is 8.30. The Balaban J connectivity index is 1.88. The molecule has 0 fully saturated rings. The molecule has 2 rings (SSSR count). The average Bonchev–Trinajstić information content (AvgIpc) is 2.65. The van der Waals surface area contributed by atoms with Gasteiger partial charge in [-0.05, 0) is 42.0 Å². The minimum absolute atomic E-state index is 0.0284. The Labute approximate surface area is 161 Å². The van der Waals surface area contributed by atoms with E-state index < -0.39 is 5.97 Å². The van der Waals surface area contributed by atoms with Crippen molar-refractivity contribution in [3.05, 3.63) is 63.6 Å². The minimum Gasteiger partial charge on any atom is -0.497 e. The van der Waals surface area contributed by atoms with Crippen molar-refractivity contribution < 1.29 is 19.0 Å². The summed E-state index contributed by atoms with van der Waals surface area (Å²) in [6, 6.07) is 13.6. The van der Waals surface area contributed by atoms with E-state index in [1.54, 1.807) is 49.6 Å². The second kappa shape index (κ2) is 9.71. The van der Waals surface area contributed by atoms with Crippen molar-refractivity contribution in [1.82, 2.24) is 0 Å². The van der Waals surface area contributed by atoms with Crippen LogP contribution in [0.15, 0.2) is 48.0 Å². The summed E-state index contributed by atoms with van der Waals surface area (Å²) < 4.78 is 15.5. The highest BCUT2D eigenvalue weighted by Gasteiger charge is 2.11. The predicted octanol–water partition coefficient (Wildman–Crippen LogP) is 4.53. The van der Waals surface area contributed by atoms with Crippen molar-refractivity contribution in [3.63, 3.8) is 0 Å². The van der Waals surface area contributed by atoms with Gasteiger partial charge in [0.05, 0.1) is 12.1 Å². The number of esters is 1. The van der Waals surface area contributed by atoms with Gasteiger partial charge in [-0.2, -0.15) is 5.26 Å². The van der Waals surface area contributed by atoms with Crippen LogP contribution in [0.1, 0.15) is 5.56 Å². The van der Waals surface area contributed by atoms with Crippen molar-refractivity contribution in [2.45, 2.75) is 0 Å². The molecular weight excluding hydrogens is 377 g/mol. The zero-order valence-electron chi connectivity index (χ0n) is 13.9. The number of nitriles is 1. The number of rotatable bonds is 7. The summed E-state index contributed by atoms with van der Waals surface area (Å²) in [7, 11) is 1.56. The maximum absolute atomic E-state index is 12.0. The predicted molar refractivity (Wildman–Crippen MR) is 99.5 cm³/mol. The van der Waals surface area contributed by atoms with E-state index in [-0.39, 0.29) is 18.8 Å². The van der Waals surface area contributed by atoms with Gasteiger partial charge in [0.25, 0.3) is 0 Å². The van der Waals surface area contributed by atoms with Gasteiger partial charge in [-0.3, -0.25) is 0 Å². The van der Waals surface area contributed by atoms with Crippen molar-refractivity contribution in [1.29, 1.82) is 5.26 Å². The third-order valence-electron chi connectivity index (χ3n) is 3.24. The molecule has 0 aliphatic carbocycles. The van der Waals surface area contributed by atoms with Crippen molar-refractivity contribution >= 4 is 35.2 Å². The Kier molecular flexibility index (Phi) is 7.34. The lowest BCUT2D eigenvalue weighted by atomic mass is 10.1. The molecule has 0 saturated heterocycles. The molecule has 0 aromatic heterocycles. The SMILES string of the molecule is COc1ccc(/C=C(\C#N)C(=O)OCCOc2ccc(Cl)cc2Cl)cc1. The molecule has 0 aliphatic rings. The second-order valence-corrected chi connectivity index (χ2v) is 5.85. The van der Waals surface area contributed by atoms with Gasteiger partial charge in [-0.1, -0.05) is 35.3 Å². The highest BCUT2D eigenvalue weighted by atomic mass is 35.5. The number of methoxy groups -OCH3 is 1. The van der Waals surface area contributed by atoms with Gasteiger partial charge in [0.15, 0.2) is 0 Å². The molecule has 0 spiro atoms. The Morgan fingerprint density at radius 1 is 1.15 bits per heavy atom. The van der Waals surface area contributed by atoms with E-state index in [0.717, 1.165) is 0 Å². The van der Waals surface area contributed by atoms with Crippen LogP contribution in [0.4, 0.5) is 0 Å². The molecule has 0 saturated carbocycles. The van der Waals surface area contributed by atoms with Crippen LogP contribution in [-0.2, 0) is 9.53 Å². The number of carbonyl (C=O) groups excluding carboxylic acids is 1. The van der Waals surface area contributed by atoms with Gasteiger partial charge in [0, 0.05) is 5.02 Å². The first-order chi connectivity index (χ1) is 12.5. The third kappa shape index (κ3) is 5.69. The molecule has 0 heterocycles. The summed E-state index contributed by atoms with van der Waals surface area (Å²) in [4.78, 5) is 12.0. The molecule has 2 aromatic rings. The lowest BCUT2D eigenvalue weighted by Crippen LogP contribution is -2.13. The fourth-order valence-electron chi connectivity index (χ4n) is 1.96. The molecule has 2 aromatic carbocycles. The van der Waals surface area contributed by atoms with Crippen LogP contribution >= 0.6 is 23.2 Å². The van der Waals surface area contributed by atoms with Gasteiger partial charge in [-0.15, -0.1) is 0 Å². The van der Waals surface area contributed by atoms with E-state index in [0.29, 0.717) is 27.1 Å². The van der Waals surface area contributed by atoms with Crippen molar-refractivity contribution in [3.8, 4) is 17.6 Å². The molecule has 0 atom stereocenters. The van der Waals surface area contributed by atoms with E-state index in [4.69, 9.17) is 42.7 Å². The topological polar surface area (TPSA) is 68.5 Å². The Morgan fingerprint density at radius 2 is 1.88 bits per heavy atom. The van der Waals surface area contributed by atoms with Gasteiger partial charge < -0.3 is 14.2 Å². The van der Waals surface area contributed by atoms with Crippen LogP contribution in [0, 0.1) is 11.3 Å². The summed E-state index contributed by atoms with van der Waals surface area (Å²) in [5.41, 5.74) is 0.572. The van der Waals surface area contributed by atoms with Crippen LogP contribution in [0.2, 0.25) is 10.0 Å². The molecule has 0 N–H and O–H groups in total. The first kappa shape index (κ1) is 19.6. The molecule has 0 bridgehead atoms. The number of hydrogen-bond acceptors (Lipinski definition) is 5. The second-order valence-electron chi connectivity index (χ2n) is 5.00. The van der Waals surface area contributed by atoms with E-state index >= 15 is 0 Å². The quantitative estimate of drug-likeness (QED) is 0.300. The fraction of sp³-hybridized carbons (Fsp3) is 0.158. The minimum atomic E-state index is -0.728. The zero-order chi connectivity index (χ0) is 18.9. The van der Waals surface area contributed by atoms with Crippen LogP contribution < -0.4 is 9.47 Å². The van der Waals surface area contributed by atoms with Gasteiger partial charge >= 0.3 is 5.97 Å². The normalized spacial score (nSPS) is 10.8. The molecular formula is C19H15Cl2NO4. The molecule has 0 unspecified atom stereocenters. The molecule has 0 radical (unpaired) electrons. The zero-order valence-corrected chi connectivity index (χ0v) is 15.4. The molecule has 26 heavy (non-hydrogen) atoms. The highest BCUT2D eigenvalue weighted by Crippen LogP contribution is 2.27. The van der Waals surface area contributed by atoms with Crippen LogP contribution in [-0.4, -0.2) is 26.3 Å². The molecule has 0 amide bonds. The standard InChI is InChI=1S/C19H15Cl2NO4/c1-24-16-5-2-13(3-6-16)10-14(12-22)19(23)26-9-8-25-18-7-4-15(20)11-17(18)21/h2-7,10-11H,8-9H2,1H3/b14-10+. The summed E-state index contributed by atoms with van der Waals surface area (Å²) in [6.45, 7) is 0.0633. The Hall–Kier alpha value is -2.68. The lowest BCUT2D eigenvalue weighted by Gasteiger charge is -2.08. The van der Waals surface area contributed by atoms with E-state index in [1.165, 1.54) is 6.08 Å². The average molecular weight is 392 g/mol. The van der Waals surface area contributed by atoms with Gasteiger partial charge in [-0.25, -0.2) is 4.79 Å². The number of halogens is 2. The van der Waals surface area contributed by atoms with E-state index in [2.05, 4.69) is 0 Å². The molecule has 5 nitrogen and oxygen atoms in total. The Bertz CT molecular complexity index is 842. The van der Waals surface area contributed by atoms with Crippen LogP contribution in [0.5, 0.6) is 11.5 Å². The maximum atomic E-state index is 12.0. The number of ether oxygens (including phenoxy) is 3. The van der Waals surface area contributed by atoms with Gasteiger partial charge in [0.1, 0.15) is 36.4 Å². The first-order valence-electron chi connectivity index (χ1n) is 7.54. The van der Waals surface area contributed by atoms with E-state index in [9.17, 15) is 4.79 Å². The molecule has 7 heteroatoms. The largest absolute Gasteiger partial charge is 0.497 e. The number of nitrogens with zero attached hydrogens (tertiary/aromatic N) is 1.